The minimum absolute atomic E-state index is 0.0721. The van der Waals surface area contributed by atoms with E-state index in [1.807, 2.05) is 6.92 Å². The van der Waals surface area contributed by atoms with Crippen LogP contribution < -0.4 is 5.32 Å². The van der Waals surface area contributed by atoms with Gasteiger partial charge in [0.15, 0.2) is 5.78 Å². The summed E-state index contributed by atoms with van der Waals surface area (Å²) in [4.78, 5) is 11.1. The van der Waals surface area contributed by atoms with Crippen LogP contribution in [0.4, 0.5) is 5.69 Å². The summed E-state index contributed by atoms with van der Waals surface area (Å²) in [5.74, 6) is 0.0721. The molecule has 2 nitrogen and oxygen atoms in total. The third-order valence-electron chi connectivity index (χ3n) is 3.64. The van der Waals surface area contributed by atoms with Gasteiger partial charge in [0.1, 0.15) is 0 Å². The van der Waals surface area contributed by atoms with E-state index >= 15 is 0 Å². The molecule has 0 unspecified atom stereocenters. The molecule has 0 aromatic heterocycles. The molecule has 96 valence electrons. The molecule has 0 radical (unpaired) electrons. The molecule has 1 N–H and O–H groups in total. The summed E-state index contributed by atoms with van der Waals surface area (Å²) in [6.07, 6.45) is 3.82. The maximum absolute atomic E-state index is 11.1. The van der Waals surface area contributed by atoms with Gasteiger partial charge in [0.25, 0.3) is 0 Å². The zero-order chi connectivity index (χ0) is 13.4. The van der Waals surface area contributed by atoms with Crippen molar-refractivity contribution in [2.45, 2.75) is 26.7 Å². The number of allylic oxidation sites excluding steroid dienone is 2. The Hall–Kier alpha value is -2.09. The fraction of sp³-hybridized carbons (Fsp3) is 0.235. The first kappa shape index (κ1) is 12.0. The number of aryl methyl sites for hydroxylation is 2. The van der Waals surface area contributed by atoms with Gasteiger partial charge in [-0.3, -0.25) is 4.79 Å². The highest BCUT2D eigenvalue weighted by molar-refractivity contribution is 5.95. The van der Waals surface area contributed by atoms with Crippen molar-refractivity contribution in [1.82, 2.24) is 0 Å². The molecule has 19 heavy (non-hydrogen) atoms. The second-order valence-corrected chi connectivity index (χ2v) is 5.17. The van der Waals surface area contributed by atoms with E-state index in [1.165, 1.54) is 21.9 Å². The molecule has 3 rings (SSSR count). The fourth-order valence-corrected chi connectivity index (χ4v) is 2.93. The molecule has 0 saturated heterocycles. The minimum Gasteiger partial charge on any atom is -0.359 e. The number of carbonyl (C=O) groups excluding carboxylic acids is 1. The lowest BCUT2D eigenvalue weighted by Crippen LogP contribution is -2.01. The molecule has 1 aliphatic rings. The number of hydrogen-bond acceptors (Lipinski definition) is 2. The van der Waals surface area contributed by atoms with Crippen LogP contribution in [-0.4, -0.2) is 5.78 Å². The van der Waals surface area contributed by atoms with Crippen LogP contribution >= 0.6 is 0 Å². The maximum Gasteiger partial charge on any atom is 0.154 e. The Morgan fingerprint density at radius 3 is 2.79 bits per heavy atom. The van der Waals surface area contributed by atoms with Crippen molar-refractivity contribution in [3.63, 3.8) is 0 Å². The smallest absolute Gasteiger partial charge is 0.154 e. The number of rotatable bonds is 3. The predicted molar refractivity (Wildman–Crippen MR) is 79.4 cm³/mol. The summed E-state index contributed by atoms with van der Waals surface area (Å²) in [6, 6.07) is 10.8. The monoisotopic (exact) mass is 251 g/mol. The van der Waals surface area contributed by atoms with E-state index in [0.717, 1.165) is 24.2 Å². The summed E-state index contributed by atoms with van der Waals surface area (Å²) >= 11 is 0. The number of benzene rings is 2. The molecule has 2 aromatic carbocycles. The Balaban J connectivity index is 2.06. The third-order valence-corrected chi connectivity index (χ3v) is 3.64. The van der Waals surface area contributed by atoms with E-state index in [9.17, 15) is 4.79 Å². The van der Waals surface area contributed by atoms with Crippen LogP contribution in [0.5, 0.6) is 0 Å². The second kappa shape index (κ2) is 4.54. The Labute approximate surface area is 113 Å². The van der Waals surface area contributed by atoms with Gasteiger partial charge in [-0.1, -0.05) is 24.3 Å². The van der Waals surface area contributed by atoms with E-state index in [2.05, 4.69) is 35.6 Å². The van der Waals surface area contributed by atoms with Crippen molar-refractivity contribution in [3.8, 4) is 0 Å². The zero-order valence-corrected chi connectivity index (χ0v) is 11.3. The van der Waals surface area contributed by atoms with E-state index in [1.54, 1.807) is 13.0 Å². The van der Waals surface area contributed by atoms with Gasteiger partial charge in [-0.05, 0) is 60.7 Å². The Bertz CT molecular complexity index is 698. The quantitative estimate of drug-likeness (QED) is 0.840. The Morgan fingerprint density at radius 1 is 1.16 bits per heavy atom. The Kier molecular flexibility index (Phi) is 2.86. The van der Waals surface area contributed by atoms with Crippen LogP contribution in [0.15, 0.2) is 42.1 Å². The van der Waals surface area contributed by atoms with Gasteiger partial charge >= 0.3 is 0 Å². The number of anilines is 1. The van der Waals surface area contributed by atoms with Gasteiger partial charge in [-0.25, -0.2) is 0 Å². The second-order valence-electron chi connectivity index (χ2n) is 5.17. The molecule has 0 bridgehead atoms. The maximum atomic E-state index is 11.1. The first-order valence-electron chi connectivity index (χ1n) is 6.64. The van der Waals surface area contributed by atoms with Gasteiger partial charge in [0.05, 0.1) is 0 Å². The van der Waals surface area contributed by atoms with E-state index in [4.69, 9.17) is 0 Å². The third kappa shape index (κ3) is 2.14. The van der Waals surface area contributed by atoms with Gasteiger partial charge in [-0.2, -0.15) is 0 Å². The van der Waals surface area contributed by atoms with Crippen molar-refractivity contribution in [3.05, 3.63) is 53.2 Å². The normalized spacial score (nSPS) is 13.9. The van der Waals surface area contributed by atoms with Gasteiger partial charge in [0.2, 0.25) is 0 Å². The average molecular weight is 251 g/mol. The van der Waals surface area contributed by atoms with Gasteiger partial charge in [0, 0.05) is 11.4 Å². The lowest BCUT2D eigenvalue weighted by molar-refractivity contribution is -0.112. The molecular weight excluding hydrogens is 234 g/mol. The van der Waals surface area contributed by atoms with Crippen LogP contribution in [0.3, 0.4) is 0 Å². The van der Waals surface area contributed by atoms with Crippen molar-refractivity contribution < 1.29 is 4.79 Å². The fourth-order valence-electron chi connectivity index (χ4n) is 2.93. The van der Waals surface area contributed by atoms with E-state index in [-0.39, 0.29) is 5.78 Å². The minimum atomic E-state index is 0.0721. The van der Waals surface area contributed by atoms with E-state index < -0.39 is 0 Å². The molecule has 0 amide bonds. The molecule has 0 atom stereocenters. The van der Waals surface area contributed by atoms with Gasteiger partial charge in [-0.15, -0.1) is 0 Å². The lowest BCUT2D eigenvalue weighted by Gasteiger charge is -2.12. The summed E-state index contributed by atoms with van der Waals surface area (Å²) in [5, 5.41) is 6.06. The summed E-state index contributed by atoms with van der Waals surface area (Å²) in [5.41, 5.74) is 4.84. The highest BCUT2D eigenvalue weighted by Gasteiger charge is 2.17. The van der Waals surface area contributed by atoms with Crippen molar-refractivity contribution in [2.24, 2.45) is 0 Å². The molecule has 0 heterocycles. The molecular formula is C17H17NO. The number of carbonyl (C=O) groups is 1. The lowest BCUT2D eigenvalue weighted by atomic mass is 10.0. The van der Waals surface area contributed by atoms with Crippen molar-refractivity contribution in [2.75, 3.05) is 5.32 Å². The van der Waals surface area contributed by atoms with Crippen LogP contribution in [0.2, 0.25) is 0 Å². The highest BCUT2D eigenvalue weighted by atomic mass is 16.1. The van der Waals surface area contributed by atoms with Crippen LogP contribution in [-0.2, 0) is 17.6 Å². The topological polar surface area (TPSA) is 29.1 Å². The predicted octanol–water partition coefficient (Wildman–Crippen LogP) is 3.84. The number of ketones is 1. The van der Waals surface area contributed by atoms with Crippen molar-refractivity contribution >= 4 is 22.2 Å². The van der Waals surface area contributed by atoms with Gasteiger partial charge < -0.3 is 5.32 Å². The standard InChI is InChI=1S/C17H17NO/c1-11(10-12(2)19)18-16-9-7-14-5-3-4-13-6-8-15(16)17(13)14/h3-5,7,9-10,18H,6,8H2,1-2H3. The first-order chi connectivity index (χ1) is 9.15. The summed E-state index contributed by atoms with van der Waals surface area (Å²) in [6.45, 7) is 3.50. The first-order valence-corrected chi connectivity index (χ1v) is 6.64. The molecule has 2 aromatic rings. The number of hydrogen-bond donors (Lipinski definition) is 1. The average Bonchev–Trinajstić information content (AvgIpc) is 2.78. The van der Waals surface area contributed by atoms with E-state index in [0.29, 0.717) is 0 Å². The van der Waals surface area contributed by atoms with Crippen molar-refractivity contribution in [1.29, 1.82) is 0 Å². The zero-order valence-electron chi connectivity index (χ0n) is 11.3. The molecule has 0 saturated carbocycles. The molecule has 0 fully saturated rings. The summed E-state index contributed by atoms with van der Waals surface area (Å²) in [7, 11) is 0. The van der Waals surface area contributed by atoms with Crippen LogP contribution in [0, 0.1) is 0 Å². The highest BCUT2D eigenvalue weighted by Crippen LogP contribution is 2.35. The SMILES string of the molecule is CC(=O)C=C(C)Nc1ccc2cccc3c2c1CC3. The molecule has 2 heteroatoms. The largest absolute Gasteiger partial charge is 0.359 e. The molecule has 0 aliphatic heterocycles. The Morgan fingerprint density at radius 2 is 2.00 bits per heavy atom. The summed E-state index contributed by atoms with van der Waals surface area (Å²) < 4.78 is 0. The molecule has 0 spiro atoms. The van der Waals surface area contributed by atoms with Crippen LogP contribution in [0.1, 0.15) is 25.0 Å². The number of nitrogens with one attached hydrogen (secondary N) is 1. The molecule has 1 aliphatic carbocycles. The van der Waals surface area contributed by atoms with Crippen LogP contribution in [0.25, 0.3) is 10.8 Å².